The minimum atomic E-state index is 0.824. The van der Waals surface area contributed by atoms with Crippen LogP contribution in [0.25, 0.3) is 105 Å². The molecule has 4 heterocycles. The van der Waals surface area contributed by atoms with Crippen molar-refractivity contribution in [3.05, 3.63) is 170 Å². The number of pyridine rings is 1. The molecule has 0 N–H and O–H groups in total. The molecule has 0 saturated heterocycles. The molecule has 51 heavy (non-hydrogen) atoms. The van der Waals surface area contributed by atoms with E-state index in [0.29, 0.717) is 0 Å². The van der Waals surface area contributed by atoms with Gasteiger partial charge in [-0.15, -0.1) is 0 Å². The predicted molar refractivity (Wildman–Crippen MR) is 209 cm³/mol. The minimum absolute atomic E-state index is 0.824. The number of nitrogens with zero attached hydrogens (tertiary/aromatic N) is 2. The molecule has 238 valence electrons. The van der Waals surface area contributed by atoms with Crippen LogP contribution >= 0.6 is 0 Å². The molecule has 0 aliphatic heterocycles. The number of rotatable bonds is 4. The molecular formula is C47H28N2O2. The van der Waals surface area contributed by atoms with E-state index < -0.39 is 0 Å². The Morgan fingerprint density at radius 3 is 1.75 bits per heavy atom. The van der Waals surface area contributed by atoms with E-state index in [9.17, 15) is 0 Å². The van der Waals surface area contributed by atoms with Gasteiger partial charge in [-0.3, -0.25) is 4.57 Å². The standard InChI is InChI=1S/C47H28N2O2/c1-2-11-29(12-3-1)30-21-23-31(24-22-30)32-27-39(37-17-10-16-35-33-13-5-8-19-42(33)50-46(35)37)48-44(28-32)49-40-18-7-4-15-38(40)45-41(49)26-25-36-34-14-6-9-20-43(34)51-47(36)45/h1-28H. The Morgan fingerprint density at radius 1 is 0.392 bits per heavy atom. The zero-order chi connectivity index (χ0) is 33.5. The first-order valence-corrected chi connectivity index (χ1v) is 17.2. The third-order valence-electron chi connectivity index (χ3n) is 10.2. The van der Waals surface area contributed by atoms with Crippen LogP contribution in [0.4, 0.5) is 0 Å². The van der Waals surface area contributed by atoms with E-state index in [1.54, 1.807) is 0 Å². The van der Waals surface area contributed by atoms with Gasteiger partial charge in [0.05, 0.1) is 22.1 Å². The maximum absolute atomic E-state index is 6.59. The van der Waals surface area contributed by atoms with Gasteiger partial charge in [0.15, 0.2) is 0 Å². The van der Waals surface area contributed by atoms with Gasteiger partial charge in [-0.05, 0) is 70.8 Å². The third kappa shape index (κ3) is 4.23. The maximum atomic E-state index is 6.59. The zero-order valence-corrected chi connectivity index (χ0v) is 27.4. The SMILES string of the molecule is c1ccc(-c2ccc(-c3cc(-c4cccc5c4oc4ccccc45)nc(-n4c5ccccc5c5c6oc7ccccc7c6ccc54)c3)cc2)cc1. The highest BCUT2D eigenvalue weighted by molar-refractivity contribution is 6.23. The fourth-order valence-electron chi connectivity index (χ4n) is 7.85. The zero-order valence-electron chi connectivity index (χ0n) is 27.4. The first kappa shape index (κ1) is 28.0. The van der Waals surface area contributed by atoms with Gasteiger partial charge in [0, 0.05) is 32.5 Å². The van der Waals surface area contributed by atoms with E-state index in [1.165, 1.54) is 11.1 Å². The van der Waals surface area contributed by atoms with Gasteiger partial charge in [-0.2, -0.15) is 0 Å². The number of fused-ring (bicyclic) bond motifs is 10. The van der Waals surface area contributed by atoms with Gasteiger partial charge in [0.2, 0.25) is 0 Å². The van der Waals surface area contributed by atoms with Gasteiger partial charge in [0.1, 0.15) is 28.1 Å². The highest BCUT2D eigenvalue weighted by Crippen LogP contribution is 2.42. The van der Waals surface area contributed by atoms with Crippen LogP contribution in [0.2, 0.25) is 0 Å². The summed E-state index contributed by atoms with van der Waals surface area (Å²) in [6, 6.07) is 59.5. The second-order valence-electron chi connectivity index (χ2n) is 13.1. The van der Waals surface area contributed by atoms with Crippen molar-refractivity contribution in [1.82, 2.24) is 9.55 Å². The molecule has 0 aliphatic rings. The van der Waals surface area contributed by atoms with Crippen molar-refractivity contribution in [2.45, 2.75) is 0 Å². The van der Waals surface area contributed by atoms with Gasteiger partial charge in [-0.25, -0.2) is 4.98 Å². The largest absolute Gasteiger partial charge is 0.455 e. The van der Waals surface area contributed by atoms with Crippen molar-refractivity contribution < 1.29 is 8.83 Å². The molecule has 11 rings (SSSR count). The summed E-state index contributed by atoms with van der Waals surface area (Å²) in [5.41, 5.74) is 11.9. The summed E-state index contributed by atoms with van der Waals surface area (Å²) in [6.45, 7) is 0. The van der Waals surface area contributed by atoms with Crippen LogP contribution in [-0.4, -0.2) is 9.55 Å². The summed E-state index contributed by atoms with van der Waals surface area (Å²) >= 11 is 0. The van der Waals surface area contributed by atoms with E-state index in [1.807, 2.05) is 30.3 Å². The van der Waals surface area contributed by atoms with Crippen molar-refractivity contribution in [1.29, 1.82) is 0 Å². The molecule has 4 heteroatoms. The van der Waals surface area contributed by atoms with E-state index in [4.69, 9.17) is 13.8 Å². The lowest BCUT2D eigenvalue weighted by molar-refractivity contribution is 0.670. The Hall–Kier alpha value is -6.91. The van der Waals surface area contributed by atoms with Gasteiger partial charge in [-0.1, -0.05) is 121 Å². The normalized spacial score (nSPS) is 11.9. The number of aromatic nitrogens is 2. The number of hydrogen-bond acceptors (Lipinski definition) is 3. The second kappa shape index (κ2) is 10.8. The lowest BCUT2D eigenvalue weighted by Gasteiger charge is -2.13. The summed E-state index contributed by atoms with van der Waals surface area (Å²) in [6.07, 6.45) is 0. The molecule has 0 amide bonds. The van der Waals surface area contributed by atoms with Crippen LogP contribution < -0.4 is 0 Å². The van der Waals surface area contributed by atoms with E-state index in [-0.39, 0.29) is 0 Å². The molecule has 7 aromatic carbocycles. The van der Waals surface area contributed by atoms with Gasteiger partial charge >= 0.3 is 0 Å². The summed E-state index contributed by atoms with van der Waals surface area (Å²) < 4.78 is 15.4. The Kier molecular flexibility index (Phi) is 5.92. The minimum Gasteiger partial charge on any atom is -0.455 e. The average Bonchev–Trinajstić information content (AvgIpc) is 3.88. The predicted octanol–water partition coefficient (Wildman–Crippen LogP) is 13.0. The van der Waals surface area contributed by atoms with Crippen molar-refractivity contribution in [2.75, 3.05) is 0 Å². The molecule has 0 unspecified atom stereocenters. The van der Waals surface area contributed by atoms with Crippen LogP contribution in [-0.2, 0) is 0 Å². The van der Waals surface area contributed by atoms with Crippen molar-refractivity contribution >= 4 is 65.7 Å². The van der Waals surface area contributed by atoms with Crippen LogP contribution in [0.3, 0.4) is 0 Å². The van der Waals surface area contributed by atoms with E-state index in [2.05, 4.69) is 144 Å². The fraction of sp³-hybridized carbons (Fsp3) is 0. The average molecular weight is 653 g/mol. The molecule has 0 bridgehead atoms. The van der Waals surface area contributed by atoms with Crippen LogP contribution in [0.1, 0.15) is 0 Å². The van der Waals surface area contributed by atoms with Crippen LogP contribution in [0.5, 0.6) is 0 Å². The van der Waals surface area contributed by atoms with Crippen LogP contribution in [0.15, 0.2) is 179 Å². The summed E-state index contributed by atoms with van der Waals surface area (Å²) in [5, 5.41) is 6.61. The van der Waals surface area contributed by atoms with Gasteiger partial charge < -0.3 is 8.83 Å². The molecule has 0 spiro atoms. The van der Waals surface area contributed by atoms with Crippen molar-refractivity contribution in [2.24, 2.45) is 0 Å². The molecule has 4 aromatic heterocycles. The Morgan fingerprint density at radius 2 is 0.980 bits per heavy atom. The molecule has 0 atom stereocenters. The topological polar surface area (TPSA) is 44.1 Å². The lowest BCUT2D eigenvalue weighted by atomic mass is 9.99. The monoisotopic (exact) mass is 652 g/mol. The number of hydrogen-bond donors (Lipinski definition) is 0. The maximum Gasteiger partial charge on any atom is 0.145 e. The lowest BCUT2D eigenvalue weighted by Crippen LogP contribution is -2.00. The molecule has 4 nitrogen and oxygen atoms in total. The first-order chi connectivity index (χ1) is 25.3. The summed E-state index contributed by atoms with van der Waals surface area (Å²) in [7, 11) is 0. The molecule has 0 fully saturated rings. The van der Waals surface area contributed by atoms with Crippen molar-refractivity contribution in [3.8, 4) is 39.3 Å². The molecule has 11 aromatic rings. The Balaban J connectivity index is 1.20. The fourth-order valence-corrected chi connectivity index (χ4v) is 7.85. The highest BCUT2D eigenvalue weighted by Gasteiger charge is 2.21. The van der Waals surface area contributed by atoms with E-state index >= 15 is 0 Å². The third-order valence-corrected chi connectivity index (χ3v) is 10.2. The molecule has 0 radical (unpaired) electrons. The quantitative estimate of drug-likeness (QED) is 0.190. The highest BCUT2D eigenvalue weighted by atomic mass is 16.3. The Bertz CT molecular complexity index is 3130. The molecular weight excluding hydrogens is 625 g/mol. The molecule has 0 aliphatic carbocycles. The van der Waals surface area contributed by atoms with Crippen molar-refractivity contribution in [3.63, 3.8) is 0 Å². The smallest absolute Gasteiger partial charge is 0.145 e. The number of para-hydroxylation sites is 4. The number of furan rings is 2. The first-order valence-electron chi connectivity index (χ1n) is 17.2. The second-order valence-corrected chi connectivity index (χ2v) is 13.1. The van der Waals surface area contributed by atoms with Gasteiger partial charge in [0.25, 0.3) is 0 Å². The van der Waals surface area contributed by atoms with Crippen LogP contribution in [0, 0.1) is 0 Å². The summed E-state index contributed by atoms with van der Waals surface area (Å²) in [5.74, 6) is 0.824. The number of benzene rings is 7. The molecule has 0 saturated carbocycles. The van der Waals surface area contributed by atoms with E-state index in [0.717, 1.165) is 93.9 Å². The Labute approximate surface area is 292 Å². The summed E-state index contributed by atoms with van der Waals surface area (Å²) in [4.78, 5) is 5.45.